The lowest BCUT2D eigenvalue weighted by atomic mass is 10.2. The normalized spacial score (nSPS) is 10.8. The van der Waals surface area contributed by atoms with Gasteiger partial charge in [0.05, 0.1) is 18.2 Å². The Hall–Kier alpha value is -2.76. The van der Waals surface area contributed by atoms with Gasteiger partial charge in [0.1, 0.15) is 23.1 Å². The highest BCUT2D eigenvalue weighted by atomic mass is 16.5. The molecule has 19 heavy (non-hydrogen) atoms. The maximum Gasteiger partial charge on any atom is 0.180 e. The number of hydrogen-bond donors (Lipinski definition) is 3. The van der Waals surface area contributed by atoms with Gasteiger partial charge in [-0.25, -0.2) is 9.97 Å². The van der Waals surface area contributed by atoms with Crippen LogP contribution in [0.25, 0.3) is 22.6 Å². The van der Waals surface area contributed by atoms with Crippen LogP contribution in [0.2, 0.25) is 0 Å². The van der Waals surface area contributed by atoms with Crippen molar-refractivity contribution in [1.29, 1.82) is 0 Å². The number of aromatic amines is 1. The molecule has 0 saturated carbocycles. The van der Waals surface area contributed by atoms with Crippen LogP contribution in [0.5, 0.6) is 11.5 Å². The molecule has 1 aromatic carbocycles. The molecule has 4 N–H and O–H groups in total. The number of fused-ring (bicyclic) bond motifs is 1. The van der Waals surface area contributed by atoms with Gasteiger partial charge in [0.25, 0.3) is 0 Å². The minimum absolute atomic E-state index is 0.0892. The van der Waals surface area contributed by atoms with E-state index in [9.17, 15) is 5.11 Å². The summed E-state index contributed by atoms with van der Waals surface area (Å²) < 4.78 is 5.04. The van der Waals surface area contributed by atoms with E-state index in [0.29, 0.717) is 28.6 Å². The van der Waals surface area contributed by atoms with E-state index in [1.165, 1.54) is 6.07 Å². The van der Waals surface area contributed by atoms with Gasteiger partial charge in [0.15, 0.2) is 5.65 Å². The molecular weight excluding hydrogens is 244 g/mol. The Morgan fingerprint density at radius 2 is 2.05 bits per heavy atom. The highest BCUT2D eigenvalue weighted by Gasteiger charge is 2.11. The SMILES string of the molecule is COc1ccc(-c2nc3nc(N)ccc3[nH]2)c(O)c1. The van der Waals surface area contributed by atoms with Crippen LogP contribution in [0.3, 0.4) is 0 Å². The third kappa shape index (κ3) is 1.93. The highest BCUT2D eigenvalue weighted by molar-refractivity contribution is 5.79. The monoisotopic (exact) mass is 256 g/mol. The number of H-pyrrole nitrogens is 1. The molecule has 0 radical (unpaired) electrons. The lowest BCUT2D eigenvalue weighted by Crippen LogP contribution is -1.88. The summed E-state index contributed by atoms with van der Waals surface area (Å²) in [5.41, 5.74) is 7.47. The largest absolute Gasteiger partial charge is 0.507 e. The van der Waals surface area contributed by atoms with Gasteiger partial charge in [-0.2, -0.15) is 0 Å². The highest BCUT2D eigenvalue weighted by Crippen LogP contribution is 2.31. The summed E-state index contributed by atoms with van der Waals surface area (Å²) in [6.07, 6.45) is 0. The number of nitrogen functional groups attached to an aromatic ring is 1. The quantitative estimate of drug-likeness (QED) is 0.650. The van der Waals surface area contributed by atoms with Crippen LogP contribution in [0.4, 0.5) is 5.82 Å². The number of methoxy groups -OCH3 is 1. The van der Waals surface area contributed by atoms with E-state index in [-0.39, 0.29) is 5.75 Å². The third-order valence-electron chi connectivity index (χ3n) is 2.83. The van der Waals surface area contributed by atoms with E-state index in [1.807, 2.05) is 0 Å². The fraction of sp³-hybridized carbons (Fsp3) is 0.0769. The van der Waals surface area contributed by atoms with E-state index >= 15 is 0 Å². The molecule has 6 heteroatoms. The average Bonchev–Trinajstić information content (AvgIpc) is 2.81. The van der Waals surface area contributed by atoms with Crippen molar-refractivity contribution in [2.24, 2.45) is 0 Å². The van der Waals surface area contributed by atoms with Crippen molar-refractivity contribution in [3.63, 3.8) is 0 Å². The van der Waals surface area contributed by atoms with Crippen LogP contribution in [-0.2, 0) is 0 Å². The number of nitrogens with zero attached hydrogens (tertiary/aromatic N) is 2. The minimum atomic E-state index is 0.0892. The first-order valence-corrected chi connectivity index (χ1v) is 5.67. The van der Waals surface area contributed by atoms with Crippen LogP contribution in [0.15, 0.2) is 30.3 Å². The van der Waals surface area contributed by atoms with E-state index in [0.717, 1.165) is 5.52 Å². The van der Waals surface area contributed by atoms with Crippen LogP contribution in [-0.4, -0.2) is 27.2 Å². The fourth-order valence-corrected chi connectivity index (χ4v) is 1.87. The lowest BCUT2D eigenvalue weighted by molar-refractivity contribution is 0.408. The molecule has 0 fully saturated rings. The van der Waals surface area contributed by atoms with Crippen LogP contribution in [0.1, 0.15) is 0 Å². The second-order valence-corrected chi connectivity index (χ2v) is 4.08. The van der Waals surface area contributed by atoms with Crippen molar-refractivity contribution in [1.82, 2.24) is 15.0 Å². The fourth-order valence-electron chi connectivity index (χ4n) is 1.87. The topological polar surface area (TPSA) is 97.0 Å². The number of nitrogens with two attached hydrogens (primary N) is 1. The zero-order valence-corrected chi connectivity index (χ0v) is 10.2. The van der Waals surface area contributed by atoms with E-state index in [2.05, 4.69) is 15.0 Å². The molecule has 3 aromatic rings. The van der Waals surface area contributed by atoms with E-state index in [1.54, 1.807) is 31.4 Å². The Morgan fingerprint density at radius 1 is 1.21 bits per heavy atom. The number of rotatable bonds is 2. The Labute approximate surface area is 108 Å². The Kier molecular flexibility index (Phi) is 2.49. The predicted octanol–water partition coefficient (Wildman–Crippen LogP) is 1.92. The summed E-state index contributed by atoms with van der Waals surface area (Å²) in [4.78, 5) is 11.5. The summed E-state index contributed by atoms with van der Waals surface area (Å²) >= 11 is 0. The molecule has 0 saturated heterocycles. The van der Waals surface area contributed by atoms with Gasteiger partial charge in [0.2, 0.25) is 0 Å². The zero-order valence-electron chi connectivity index (χ0n) is 10.2. The van der Waals surface area contributed by atoms with Gasteiger partial charge in [-0.3, -0.25) is 0 Å². The number of imidazole rings is 1. The molecule has 0 spiro atoms. The van der Waals surface area contributed by atoms with Gasteiger partial charge in [-0.05, 0) is 24.3 Å². The number of pyridine rings is 1. The van der Waals surface area contributed by atoms with Crippen molar-refractivity contribution in [2.75, 3.05) is 12.8 Å². The molecule has 6 nitrogen and oxygen atoms in total. The van der Waals surface area contributed by atoms with E-state index < -0.39 is 0 Å². The first-order chi connectivity index (χ1) is 9.17. The second kappa shape index (κ2) is 4.16. The standard InChI is InChI=1S/C13H12N4O2/c1-19-7-2-3-8(10(18)6-7)12-15-9-4-5-11(14)16-13(9)17-12/h2-6,18H,1H3,(H3,14,15,16,17). The zero-order chi connectivity index (χ0) is 13.4. The second-order valence-electron chi connectivity index (χ2n) is 4.08. The van der Waals surface area contributed by atoms with E-state index in [4.69, 9.17) is 10.5 Å². The molecule has 96 valence electrons. The number of phenols is 1. The lowest BCUT2D eigenvalue weighted by Gasteiger charge is -2.03. The molecule has 0 aliphatic heterocycles. The number of phenolic OH excluding ortho intramolecular Hbond substituents is 1. The van der Waals surface area contributed by atoms with Crippen molar-refractivity contribution in [3.8, 4) is 22.9 Å². The number of aromatic hydroxyl groups is 1. The van der Waals surface area contributed by atoms with Crippen molar-refractivity contribution < 1.29 is 9.84 Å². The molecule has 0 unspecified atom stereocenters. The number of nitrogens with one attached hydrogen (secondary N) is 1. The van der Waals surface area contributed by atoms with Crippen molar-refractivity contribution >= 4 is 17.0 Å². The Balaban J connectivity index is 2.13. The van der Waals surface area contributed by atoms with Crippen LogP contribution >= 0.6 is 0 Å². The molecule has 2 heterocycles. The first-order valence-electron chi connectivity index (χ1n) is 5.67. The molecule has 0 amide bonds. The number of hydrogen-bond acceptors (Lipinski definition) is 5. The summed E-state index contributed by atoms with van der Waals surface area (Å²) in [6.45, 7) is 0. The van der Waals surface area contributed by atoms with Gasteiger partial charge < -0.3 is 20.6 Å². The molecule has 0 aliphatic rings. The number of aromatic nitrogens is 3. The molecule has 0 bridgehead atoms. The van der Waals surface area contributed by atoms with Crippen LogP contribution in [0, 0.1) is 0 Å². The summed E-state index contributed by atoms with van der Waals surface area (Å²) in [6, 6.07) is 8.51. The average molecular weight is 256 g/mol. The molecular formula is C13H12N4O2. The van der Waals surface area contributed by atoms with Crippen LogP contribution < -0.4 is 10.5 Å². The van der Waals surface area contributed by atoms with Crippen molar-refractivity contribution in [3.05, 3.63) is 30.3 Å². The smallest absolute Gasteiger partial charge is 0.180 e. The summed E-state index contributed by atoms with van der Waals surface area (Å²) in [5.74, 6) is 1.61. The van der Waals surface area contributed by atoms with Crippen molar-refractivity contribution in [2.45, 2.75) is 0 Å². The molecule has 2 aromatic heterocycles. The predicted molar refractivity (Wildman–Crippen MR) is 72.0 cm³/mol. The summed E-state index contributed by atoms with van der Waals surface area (Å²) in [7, 11) is 1.54. The number of benzene rings is 1. The van der Waals surface area contributed by atoms with Gasteiger partial charge in [-0.1, -0.05) is 0 Å². The Morgan fingerprint density at radius 3 is 2.79 bits per heavy atom. The molecule has 0 aliphatic carbocycles. The minimum Gasteiger partial charge on any atom is -0.507 e. The molecule has 3 rings (SSSR count). The first kappa shape index (κ1) is 11.3. The van der Waals surface area contributed by atoms with Gasteiger partial charge >= 0.3 is 0 Å². The van der Waals surface area contributed by atoms with Gasteiger partial charge in [0, 0.05) is 6.07 Å². The third-order valence-corrected chi connectivity index (χ3v) is 2.83. The maximum atomic E-state index is 9.97. The molecule has 0 atom stereocenters. The maximum absolute atomic E-state index is 9.97. The summed E-state index contributed by atoms with van der Waals surface area (Å²) in [5, 5.41) is 9.97. The van der Waals surface area contributed by atoms with Gasteiger partial charge in [-0.15, -0.1) is 0 Å². The number of anilines is 1. The Bertz CT molecular complexity index is 751. The number of ether oxygens (including phenoxy) is 1.